The first-order valence-electron chi connectivity index (χ1n) is 2.79. The second kappa shape index (κ2) is 2.28. The van der Waals surface area contributed by atoms with Gasteiger partial charge in [0, 0.05) is 15.6 Å². The van der Waals surface area contributed by atoms with Gasteiger partial charge in [0.25, 0.3) is 0 Å². The monoisotopic (exact) mass is 105 g/mol. The highest BCUT2D eigenvalue weighted by molar-refractivity contribution is 4.47. The van der Waals surface area contributed by atoms with Gasteiger partial charge in [-0.05, 0) is 13.8 Å². The molecule has 0 aliphatic rings. The summed E-state index contributed by atoms with van der Waals surface area (Å²) in [5.74, 6) is -0.708. The Hall–Kier alpha value is -0.0800. The van der Waals surface area contributed by atoms with Crippen molar-refractivity contribution in [2.75, 3.05) is 14.2 Å². The molecule has 44 valence electrons. The van der Waals surface area contributed by atoms with Crippen LogP contribution < -0.4 is 0 Å². The zero-order valence-electron chi connectivity index (χ0n) is 6.02. The van der Waals surface area contributed by atoms with Gasteiger partial charge in [-0.1, -0.05) is 0 Å². The minimum atomic E-state index is -0.708. The van der Waals surface area contributed by atoms with Crippen molar-refractivity contribution in [3.63, 3.8) is 0 Å². The molecule has 0 heterocycles. The van der Waals surface area contributed by atoms with Crippen molar-refractivity contribution in [1.82, 2.24) is 0 Å². The van der Waals surface area contributed by atoms with Crippen LogP contribution in [-0.4, -0.2) is 20.0 Å². The first-order valence-corrected chi connectivity index (χ1v) is 2.08. The van der Waals surface area contributed by atoms with Crippen LogP contribution in [0.1, 0.15) is 15.2 Å². The Morgan fingerprint density at radius 3 is 1.86 bits per heavy atom. The van der Waals surface area contributed by atoms with Gasteiger partial charge in [-0.2, -0.15) is 0 Å². The maximum absolute atomic E-state index is 6.91. The molecule has 0 atom stereocenters. The molecule has 0 aromatic carbocycles. The number of hydrogen-bond donors (Lipinski definition) is 0. The Kier molecular flexibility index (Phi) is 1.65. The molecule has 0 amide bonds. The average Bonchev–Trinajstić information content (AvgIpc) is 1.87. The summed E-state index contributed by atoms with van der Waals surface area (Å²) in [4.78, 5) is 0. The summed E-state index contributed by atoms with van der Waals surface area (Å²) in [5, 5.41) is 0. The fourth-order valence-corrected chi connectivity index (χ4v) is 0.0833. The lowest BCUT2D eigenvalue weighted by molar-refractivity contribution is -0.178. The average molecular weight is 105 g/mol. The zero-order chi connectivity index (χ0) is 6.62. The van der Waals surface area contributed by atoms with Crippen molar-refractivity contribution in [2.24, 2.45) is 0 Å². The van der Waals surface area contributed by atoms with E-state index in [0.717, 1.165) is 0 Å². The van der Waals surface area contributed by atoms with Crippen LogP contribution in [0.4, 0.5) is 0 Å². The third-order valence-electron chi connectivity index (χ3n) is 0.864. The lowest BCUT2D eigenvalue weighted by Gasteiger charge is -2.19. The van der Waals surface area contributed by atoms with Crippen molar-refractivity contribution in [2.45, 2.75) is 19.6 Å². The summed E-state index contributed by atoms with van der Waals surface area (Å²) in [6, 6.07) is 0. The third-order valence-corrected chi connectivity index (χ3v) is 0.864. The van der Waals surface area contributed by atoms with Crippen molar-refractivity contribution >= 4 is 0 Å². The molecule has 2 nitrogen and oxygen atoms in total. The van der Waals surface area contributed by atoms with Crippen molar-refractivity contribution < 1.29 is 10.8 Å². The Labute approximate surface area is 45.8 Å². The molecule has 7 heavy (non-hydrogen) atoms. The van der Waals surface area contributed by atoms with E-state index < -0.39 is 5.79 Å². The molecule has 0 radical (unpaired) electrons. The highest BCUT2D eigenvalue weighted by atomic mass is 16.7. The SMILES string of the molecule is [2H]CC(C)(OC)OC. The molecule has 0 saturated heterocycles. The van der Waals surface area contributed by atoms with Gasteiger partial charge in [0.15, 0.2) is 5.79 Å². The molecule has 0 aliphatic carbocycles. The summed E-state index contributed by atoms with van der Waals surface area (Å²) < 4.78 is 16.6. The molecular weight excluding hydrogens is 92.1 g/mol. The molecule has 0 saturated carbocycles. The van der Waals surface area contributed by atoms with Gasteiger partial charge in [0.2, 0.25) is 0 Å². The fourth-order valence-electron chi connectivity index (χ4n) is 0.0833. The molecule has 0 bridgehead atoms. The summed E-state index contributed by atoms with van der Waals surface area (Å²) in [6.07, 6.45) is 0. The van der Waals surface area contributed by atoms with Gasteiger partial charge in [-0.25, -0.2) is 0 Å². The highest BCUT2D eigenvalue weighted by Gasteiger charge is 2.11. The number of rotatable bonds is 2. The number of methoxy groups -OCH3 is 2. The van der Waals surface area contributed by atoms with E-state index in [2.05, 4.69) is 0 Å². The topological polar surface area (TPSA) is 18.5 Å². The summed E-state index contributed by atoms with van der Waals surface area (Å²) >= 11 is 0. The van der Waals surface area contributed by atoms with Crippen LogP contribution >= 0.6 is 0 Å². The van der Waals surface area contributed by atoms with Crippen molar-refractivity contribution in [3.05, 3.63) is 0 Å². The van der Waals surface area contributed by atoms with Crippen LogP contribution in [0.5, 0.6) is 0 Å². The second-order valence-corrected chi connectivity index (χ2v) is 1.54. The van der Waals surface area contributed by atoms with Gasteiger partial charge in [-0.15, -0.1) is 0 Å². The molecule has 0 aliphatic heterocycles. The van der Waals surface area contributed by atoms with Gasteiger partial charge in [-0.3, -0.25) is 0 Å². The first kappa shape index (κ1) is 5.06. The van der Waals surface area contributed by atoms with E-state index in [-0.39, 0.29) is 6.90 Å². The van der Waals surface area contributed by atoms with E-state index in [0.29, 0.717) is 0 Å². The van der Waals surface area contributed by atoms with Crippen LogP contribution in [0.15, 0.2) is 0 Å². The molecule has 0 N–H and O–H groups in total. The number of ether oxygens (including phenoxy) is 2. The Bertz CT molecular complexity index is 53.2. The van der Waals surface area contributed by atoms with Crippen LogP contribution in [0.3, 0.4) is 0 Å². The van der Waals surface area contributed by atoms with E-state index in [1.54, 1.807) is 6.92 Å². The quantitative estimate of drug-likeness (QED) is 0.488. The zero-order valence-corrected chi connectivity index (χ0v) is 5.02. The largest absolute Gasteiger partial charge is 0.354 e. The molecule has 0 fully saturated rings. The molecule has 2 heteroatoms. The lowest BCUT2D eigenvalue weighted by atomic mass is 10.4. The minimum Gasteiger partial charge on any atom is -0.354 e. The van der Waals surface area contributed by atoms with Gasteiger partial charge >= 0.3 is 0 Å². The van der Waals surface area contributed by atoms with Gasteiger partial charge in [0.1, 0.15) is 0 Å². The minimum absolute atomic E-state index is 0.125. The van der Waals surface area contributed by atoms with Crippen LogP contribution in [0, 0.1) is 0 Å². The van der Waals surface area contributed by atoms with E-state index in [1.165, 1.54) is 14.2 Å². The number of hydrogen-bond acceptors (Lipinski definition) is 2. The van der Waals surface area contributed by atoms with Crippen LogP contribution in [-0.2, 0) is 9.47 Å². The Balaban J connectivity index is 3.58. The van der Waals surface area contributed by atoms with E-state index in [9.17, 15) is 0 Å². The summed E-state index contributed by atoms with van der Waals surface area (Å²) in [7, 11) is 3.05. The van der Waals surface area contributed by atoms with Crippen LogP contribution in [0.25, 0.3) is 0 Å². The lowest BCUT2D eigenvalue weighted by Crippen LogP contribution is -2.24. The third kappa shape index (κ3) is 2.60. The Morgan fingerprint density at radius 2 is 1.86 bits per heavy atom. The normalized spacial score (nSPS) is 13.9. The summed E-state index contributed by atoms with van der Waals surface area (Å²) in [6.45, 7) is 1.85. The second-order valence-electron chi connectivity index (χ2n) is 1.54. The predicted molar refractivity (Wildman–Crippen MR) is 28.1 cm³/mol. The van der Waals surface area contributed by atoms with E-state index >= 15 is 0 Å². The molecular formula is C5H12O2. The van der Waals surface area contributed by atoms with Crippen molar-refractivity contribution in [1.29, 1.82) is 0 Å². The molecule has 0 spiro atoms. The van der Waals surface area contributed by atoms with E-state index in [4.69, 9.17) is 10.8 Å². The predicted octanol–water partition coefficient (Wildman–Crippen LogP) is 1.02. The smallest absolute Gasteiger partial charge is 0.161 e. The van der Waals surface area contributed by atoms with Crippen molar-refractivity contribution in [3.8, 4) is 0 Å². The Morgan fingerprint density at radius 1 is 1.43 bits per heavy atom. The maximum Gasteiger partial charge on any atom is 0.161 e. The molecule has 0 aromatic rings. The fraction of sp³-hybridized carbons (Fsp3) is 1.00. The first-order chi connectivity index (χ1) is 3.68. The van der Waals surface area contributed by atoms with Gasteiger partial charge < -0.3 is 9.47 Å². The maximum atomic E-state index is 6.91. The molecule has 0 unspecified atom stereocenters. The summed E-state index contributed by atoms with van der Waals surface area (Å²) in [5.41, 5.74) is 0. The standard InChI is InChI=1S/C5H12O2/c1-5(2,6-3)7-4/h1-4H3/i1D. The molecule has 0 rings (SSSR count). The molecule has 0 aromatic heterocycles. The van der Waals surface area contributed by atoms with Crippen LogP contribution in [0.2, 0.25) is 0 Å². The van der Waals surface area contributed by atoms with Gasteiger partial charge in [0.05, 0.1) is 0 Å². The van der Waals surface area contributed by atoms with E-state index in [1.807, 2.05) is 0 Å². The highest BCUT2D eigenvalue weighted by Crippen LogP contribution is 2.05.